The van der Waals surface area contributed by atoms with Gasteiger partial charge in [-0.25, -0.2) is 0 Å². The first kappa shape index (κ1) is 18.3. The molecule has 1 heterocycles. The van der Waals surface area contributed by atoms with Gasteiger partial charge in [0, 0.05) is 30.2 Å². The van der Waals surface area contributed by atoms with E-state index in [-0.39, 0.29) is 18.6 Å². The van der Waals surface area contributed by atoms with Crippen LogP contribution in [-0.4, -0.2) is 30.1 Å². The highest BCUT2D eigenvalue weighted by Crippen LogP contribution is 2.22. The molecule has 1 aliphatic rings. The Hall–Kier alpha value is -2.53. The number of carbonyl (C=O) groups excluding carboxylic acids is 1. The lowest BCUT2D eigenvalue weighted by molar-refractivity contribution is -0.116. The van der Waals surface area contributed by atoms with E-state index in [0.717, 1.165) is 30.0 Å². The van der Waals surface area contributed by atoms with Gasteiger partial charge in [-0.05, 0) is 68.1 Å². The van der Waals surface area contributed by atoms with Crippen molar-refractivity contribution in [3.63, 3.8) is 0 Å². The molecule has 0 bridgehead atoms. The van der Waals surface area contributed by atoms with E-state index in [1.807, 2.05) is 43.3 Å². The summed E-state index contributed by atoms with van der Waals surface area (Å²) in [6.07, 6.45) is 3.81. The molecular weight excluding hydrogens is 326 g/mol. The minimum atomic E-state index is -0.384. The van der Waals surface area contributed by atoms with Crippen molar-refractivity contribution in [1.82, 2.24) is 0 Å². The van der Waals surface area contributed by atoms with E-state index in [2.05, 4.69) is 27.7 Å². The number of hydrogen-bond donors (Lipinski definition) is 3. The number of rotatable bonds is 6. The van der Waals surface area contributed by atoms with Crippen molar-refractivity contribution in [1.29, 1.82) is 0 Å². The summed E-state index contributed by atoms with van der Waals surface area (Å²) in [4.78, 5) is 14.8. The summed E-state index contributed by atoms with van der Waals surface area (Å²) in [5, 5.41) is 15.3. The molecule has 3 rings (SSSR count). The summed E-state index contributed by atoms with van der Waals surface area (Å²) in [6.45, 7) is 4.03. The molecule has 1 fully saturated rings. The molecule has 1 atom stereocenters. The second kappa shape index (κ2) is 8.72. The van der Waals surface area contributed by atoms with Crippen molar-refractivity contribution in [3.8, 4) is 0 Å². The Morgan fingerprint density at radius 2 is 1.81 bits per heavy atom. The summed E-state index contributed by atoms with van der Waals surface area (Å²) in [5.74, 6) is -0.0925. The Labute approximate surface area is 155 Å². The lowest BCUT2D eigenvalue weighted by atomic mass is 10.1. The number of nitrogens with one attached hydrogen (secondary N) is 2. The number of carbonyl (C=O) groups is 1. The molecule has 5 heteroatoms. The van der Waals surface area contributed by atoms with Gasteiger partial charge in [0.15, 0.2) is 0 Å². The van der Waals surface area contributed by atoms with Gasteiger partial charge in [0.2, 0.25) is 5.91 Å². The van der Waals surface area contributed by atoms with Crippen molar-refractivity contribution in [2.45, 2.75) is 38.8 Å². The maximum absolute atomic E-state index is 12.4. The molecule has 3 N–H and O–H groups in total. The quantitative estimate of drug-likeness (QED) is 0.742. The molecule has 0 radical (unpaired) electrons. The number of anilines is 3. The molecule has 0 saturated carbocycles. The molecule has 0 spiro atoms. The molecule has 26 heavy (non-hydrogen) atoms. The van der Waals surface area contributed by atoms with Gasteiger partial charge in [0.25, 0.3) is 0 Å². The summed E-state index contributed by atoms with van der Waals surface area (Å²) >= 11 is 0. The van der Waals surface area contributed by atoms with Crippen LogP contribution in [0, 0.1) is 0 Å². The Morgan fingerprint density at radius 3 is 2.50 bits per heavy atom. The molecule has 1 amide bonds. The molecule has 1 saturated heterocycles. The smallest absolute Gasteiger partial charge is 0.246 e. The Bertz CT molecular complexity index is 724. The van der Waals surface area contributed by atoms with Gasteiger partial charge in [-0.2, -0.15) is 0 Å². The first-order valence-electron chi connectivity index (χ1n) is 9.28. The van der Waals surface area contributed by atoms with E-state index in [9.17, 15) is 9.90 Å². The highest BCUT2D eigenvalue weighted by atomic mass is 16.3. The third kappa shape index (κ3) is 4.76. The molecule has 2 aromatic rings. The molecule has 2 aromatic carbocycles. The Kier molecular flexibility index (Phi) is 6.12. The van der Waals surface area contributed by atoms with Gasteiger partial charge in [-0.1, -0.05) is 12.1 Å². The largest absolute Gasteiger partial charge is 0.392 e. The SMILES string of the molecule is CC(Nc1cccc(CO)c1)C(=O)Nc1ccc(N2CCCCC2)cc1. The van der Waals surface area contributed by atoms with Gasteiger partial charge in [0.05, 0.1) is 6.61 Å². The lowest BCUT2D eigenvalue weighted by Gasteiger charge is -2.28. The van der Waals surface area contributed by atoms with E-state index < -0.39 is 0 Å². The number of nitrogens with zero attached hydrogens (tertiary/aromatic N) is 1. The zero-order valence-electron chi connectivity index (χ0n) is 15.2. The van der Waals surface area contributed by atoms with Crippen molar-refractivity contribution in [3.05, 3.63) is 54.1 Å². The molecule has 1 unspecified atom stereocenters. The molecule has 5 nitrogen and oxygen atoms in total. The predicted molar refractivity (Wildman–Crippen MR) is 107 cm³/mol. The van der Waals surface area contributed by atoms with Crippen LogP contribution < -0.4 is 15.5 Å². The normalized spacial score (nSPS) is 15.4. The molecule has 1 aliphatic heterocycles. The third-order valence-electron chi connectivity index (χ3n) is 4.74. The Morgan fingerprint density at radius 1 is 1.08 bits per heavy atom. The van der Waals surface area contributed by atoms with Crippen LogP contribution in [0.25, 0.3) is 0 Å². The second-order valence-electron chi connectivity index (χ2n) is 6.81. The first-order chi connectivity index (χ1) is 12.7. The van der Waals surface area contributed by atoms with Crippen molar-refractivity contribution in [2.24, 2.45) is 0 Å². The molecular formula is C21H27N3O2. The van der Waals surface area contributed by atoms with E-state index in [1.54, 1.807) is 0 Å². The van der Waals surface area contributed by atoms with Crippen LogP contribution in [0.15, 0.2) is 48.5 Å². The van der Waals surface area contributed by atoms with Crippen molar-refractivity contribution >= 4 is 23.0 Å². The van der Waals surface area contributed by atoms with Crippen LogP contribution in [0.2, 0.25) is 0 Å². The zero-order valence-corrected chi connectivity index (χ0v) is 15.2. The van der Waals surface area contributed by atoms with Crippen LogP contribution in [0.3, 0.4) is 0 Å². The van der Waals surface area contributed by atoms with Crippen LogP contribution >= 0.6 is 0 Å². The Balaban J connectivity index is 1.56. The maximum atomic E-state index is 12.4. The highest BCUT2D eigenvalue weighted by Gasteiger charge is 2.14. The minimum absolute atomic E-state index is 0.0144. The number of piperidine rings is 1. The fourth-order valence-electron chi connectivity index (χ4n) is 3.23. The lowest BCUT2D eigenvalue weighted by Crippen LogP contribution is -2.32. The van der Waals surface area contributed by atoms with E-state index in [4.69, 9.17) is 0 Å². The molecule has 0 aromatic heterocycles. The number of benzene rings is 2. The van der Waals surface area contributed by atoms with E-state index in [1.165, 1.54) is 24.9 Å². The number of aliphatic hydroxyl groups is 1. The highest BCUT2D eigenvalue weighted by molar-refractivity contribution is 5.96. The molecule has 0 aliphatic carbocycles. The number of amides is 1. The van der Waals surface area contributed by atoms with E-state index in [0.29, 0.717) is 0 Å². The summed E-state index contributed by atoms with van der Waals surface area (Å²) < 4.78 is 0. The second-order valence-corrected chi connectivity index (χ2v) is 6.81. The van der Waals surface area contributed by atoms with Gasteiger partial charge in [-0.3, -0.25) is 4.79 Å². The number of hydrogen-bond acceptors (Lipinski definition) is 4. The minimum Gasteiger partial charge on any atom is -0.392 e. The zero-order chi connectivity index (χ0) is 18.4. The molecule has 138 valence electrons. The average molecular weight is 353 g/mol. The number of aliphatic hydroxyl groups excluding tert-OH is 1. The van der Waals surface area contributed by atoms with Gasteiger partial charge in [-0.15, -0.1) is 0 Å². The predicted octanol–water partition coefficient (Wildman–Crippen LogP) is 3.61. The fourth-order valence-corrected chi connectivity index (χ4v) is 3.23. The first-order valence-corrected chi connectivity index (χ1v) is 9.28. The average Bonchev–Trinajstić information content (AvgIpc) is 2.69. The topological polar surface area (TPSA) is 64.6 Å². The van der Waals surface area contributed by atoms with Crippen molar-refractivity contribution in [2.75, 3.05) is 28.6 Å². The van der Waals surface area contributed by atoms with Gasteiger partial charge in [0.1, 0.15) is 6.04 Å². The van der Waals surface area contributed by atoms with Gasteiger partial charge < -0.3 is 20.6 Å². The van der Waals surface area contributed by atoms with Crippen molar-refractivity contribution < 1.29 is 9.90 Å². The van der Waals surface area contributed by atoms with Crippen LogP contribution in [0.4, 0.5) is 17.1 Å². The summed E-state index contributed by atoms with van der Waals surface area (Å²) in [6, 6.07) is 15.1. The maximum Gasteiger partial charge on any atom is 0.246 e. The standard InChI is InChI=1S/C21H27N3O2/c1-16(22-19-7-5-6-17(14-19)15-25)21(26)23-18-8-10-20(11-9-18)24-12-3-2-4-13-24/h5-11,14,16,22,25H,2-4,12-13,15H2,1H3,(H,23,26). The summed E-state index contributed by atoms with van der Waals surface area (Å²) in [5.41, 5.74) is 3.65. The van der Waals surface area contributed by atoms with Crippen LogP contribution in [-0.2, 0) is 11.4 Å². The summed E-state index contributed by atoms with van der Waals surface area (Å²) in [7, 11) is 0. The third-order valence-corrected chi connectivity index (χ3v) is 4.74. The monoisotopic (exact) mass is 353 g/mol. The van der Waals surface area contributed by atoms with Crippen LogP contribution in [0.5, 0.6) is 0 Å². The van der Waals surface area contributed by atoms with Crippen LogP contribution in [0.1, 0.15) is 31.7 Å². The van der Waals surface area contributed by atoms with Gasteiger partial charge >= 0.3 is 0 Å². The fraction of sp³-hybridized carbons (Fsp3) is 0.381. The van der Waals surface area contributed by atoms with E-state index >= 15 is 0 Å².